The average molecular weight is 238 g/mol. The summed E-state index contributed by atoms with van der Waals surface area (Å²) >= 11 is 1.70. The summed E-state index contributed by atoms with van der Waals surface area (Å²) in [6.07, 6.45) is 2.18. The van der Waals surface area contributed by atoms with E-state index >= 15 is 0 Å². The fourth-order valence-corrected chi connectivity index (χ4v) is 3.17. The van der Waals surface area contributed by atoms with Crippen LogP contribution in [0.2, 0.25) is 0 Å². The zero-order chi connectivity index (χ0) is 11.4. The first-order valence-corrected chi connectivity index (χ1v) is 6.51. The predicted octanol–water partition coefficient (Wildman–Crippen LogP) is 4.01. The Bertz CT molecular complexity index is 849. The third-order valence-corrected chi connectivity index (χ3v) is 3.97. The van der Waals surface area contributed by atoms with Gasteiger partial charge in [-0.05, 0) is 17.9 Å². The van der Waals surface area contributed by atoms with Gasteiger partial charge in [-0.2, -0.15) is 0 Å². The Balaban J connectivity index is 2.38. The Morgan fingerprint density at radius 1 is 1.12 bits per heavy atom. The van der Waals surface area contributed by atoms with Gasteiger partial charge in [0.05, 0.1) is 5.52 Å². The second-order valence-corrected chi connectivity index (χ2v) is 5.05. The molecule has 4 rings (SSSR count). The molecule has 0 saturated heterocycles. The van der Waals surface area contributed by atoms with Crippen LogP contribution in [0.1, 0.15) is 5.56 Å². The van der Waals surface area contributed by atoms with E-state index in [1.54, 1.807) is 11.3 Å². The SMILES string of the molecule is Cc1cn2c3cscc3nc2c2ccccc12. The molecule has 82 valence electrons. The van der Waals surface area contributed by atoms with E-state index in [1.807, 2.05) is 0 Å². The van der Waals surface area contributed by atoms with E-state index in [9.17, 15) is 0 Å². The van der Waals surface area contributed by atoms with Crippen LogP contribution in [0.4, 0.5) is 0 Å². The molecular formula is C14H10N2S. The number of rotatable bonds is 0. The maximum atomic E-state index is 4.72. The molecule has 3 heterocycles. The quantitative estimate of drug-likeness (QED) is 0.452. The van der Waals surface area contributed by atoms with Gasteiger partial charge in [-0.1, -0.05) is 24.3 Å². The van der Waals surface area contributed by atoms with Crippen LogP contribution in [0, 0.1) is 6.92 Å². The number of hydrogen-bond acceptors (Lipinski definition) is 2. The van der Waals surface area contributed by atoms with Crippen LogP contribution in [-0.4, -0.2) is 9.38 Å². The first-order chi connectivity index (χ1) is 8.34. The molecule has 1 aromatic carbocycles. The van der Waals surface area contributed by atoms with Crippen molar-refractivity contribution < 1.29 is 0 Å². The molecule has 0 spiro atoms. The average Bonchev–Trinajstić information content (AvgIpc) is 2.91. The molecule has 0 amide bonds. The summed E-state index contributed by atoms with van der Waals surface area (Å²) in [6, 6.07) is 8.46. The van der Waals surface area contributed by atoms with Gasteiger partial charge in [-0.15, -0.1) is 11.3 Å². The molecule has 0 bridgehead atoms. The van der Waals surface area contributed by atoms with Gasteiger partial charge < -0.3 is 0 Å². The minimum atomic E-state index is 1.06. The molecule has 17 heavy (non-hydrogen) atoms. The molecule has 2 nitrogen and oxygen atoms in total. The van der Waals surface area contributed by atoms with Gasteiger partial charge in [0.1, 0.15) is 11.2 Å². The van der Waals surface area contributed by atoms with E-state index in [0.29, 0.717) is 0 Å². The van der Waals surface area contributed by atoms with Crippen LogP contribution in [0.5, 0.6) is 0 Å². The van der Waals surface area contributed by atoms with Crippen LogP contribution in [0.15, 0.2) is 41.2 Å². The highest BCUT2D eigenvalue weighted by atomic mass is 32.1. The highest BCUT2D eigenvalue weighted by Gasteiger charge is 2.09. The Morgan fingerprint density at radius 2 is 1.94 bits per heavy atom. The molecule has 4 aromatic rings. The van der Waals surface area contributed by atoms with Gasteiger partial charge >= 0.3 is 0 Å². The van der Waals surface area contributed by atoms with Gasteiger partial charge in [0.15, 0.2) is 0 Å². The summed E-state index contributed by atoms with van der Waals surface area (Å²) in [5, 5.41) is 6.78. The van der Waals surface area contributed by atoms with Crippen LogP contribution in [-0.2, 0) is 0 Å². The monoisotopic (exact) mass is 238 g/mol. The second kappa shape index (κ2) is 3.08. The zero-order valence-corrected chi connectivity index (χ0v) is 10.2. The summed E-state index contributed by atoms with van der Waals surface area (Å²) in [6.45, 7) is 2.15. The van der Waals surface area contributed by atoms with Crippen LogP contribution in [0.3, 0.4) is 0 Å². The van der Waals surface area contributed by atoms with E-state index < -0.39 is 0 Å². The molecule has 0 unspecified atom stereocenters. The number of benzene rings is 1. The van der Waals surface area contributed by atoms with Gasteiger partial charge in [0, 0.05) is 22.3 Å². The van der Waals surface area contributed by atoms with Crippen molar-refractivity contribution in [2.75, 3.05) is 0 Å². The van der Waals surface area contributed by atoms with Crippen LogP contribution in [0.25, 0.3) is 27.5 Å². The Kier molecular flexibility index (Phi) is 1.66. The lowest BCUT2D eigenvalue weighted by atomic mass is 10.1. The number of thiophene rings is 1. The first kappa shape index (κ1) is 9.19. The molecule has 0 N–H and O–H groups in total. The number of pyridine rings is 1. The molecule has 0 aliphatic heterocycles. The fraction of sp³-hybridized carbons (Fsp3) is 0.0714. The van der Waals surface area contributed by atoms with E-state index in [0.717, 1.165) is 11.2 Å². The van der Waals surface area contributed by atoms with Crippen molar-refractivity contribution in [3.05, 3.63) is 46.8 Å². The number of fused-ring (bicyclic) bond motifs is 5. The zero-order valence-electron chi connectivity index (χ0n) is 9.34. The molecule has 0 atom stereocenters. The summed E-state index contributed by atoms with van der Waals surface area (Å²) < 4.78 is 2.20. The van der Waals surface area contributed by atoms with Crippen LogP contribution < -0.4 is 0 Å². The third kappa shape index (κ3) is 1.12. The lowest BCUT2D eigenvalue weighted by molar-refractivity contribution is 1.22. The summed E-state index contributed by atoms with van der Waals surface area (Å²) in [5.41, 5.74) is 4.65. The standard InChI is InChI=1S/C14H10N2S/c1-9-6-16-13-8-17-7-12(13)15-14(16)11-5-3-2-4-10(9)11/h2-8H,1H3. The molecule has 0 radical (unpaired) electrons. The van der Waals surface area contributed by atoms with Crippen molar-refractivity contribution in [1.29, 1.82) is 0 Å². The minimum Gasteiger partial charge on any atom is -0.298 e. The topological polar surface area (TPSA) is 17.3 Å². The van der Waals surface area contributed by atoms with Crippen LogP contribution >= 0.6 is 11.3 Å². The summed E-state index contributed by atoms with van der Waals surface area (Å²) in [7, 11) is 0. The number of hydrogen-bond donors (Lipinski definition) is 0. The van der Waals surface area contributed by atoms with Crippen molar-refractivity contribution >= 4 is 38.8 Å². The Morgan fingerprint density at radius 3 is 2.82 bits per heavy atom. The largest absolute Gasteiger partial charge is 0.298 e. The number of nitrogens with zero attached hydrogens (tertiary/aromatic N) is 2. The molecule has 3 heteroatoms. The van der Waals surface area contributed by atoms with Crippen molar-refractivity contribution in [1.82, 2.24) is 9.38 Å². The van der Waals surface area contributed by atoms with Gasteiger partial charge in [0.2, 0.25) is 0 Å². The predicted molar refractivity (Wildman–Crippen MR) is 72.8 cm³/mol. The molecule has 3 aromatic heterocycles. The second-order valence-electron chi connectivity index (χ2n) is 4.31. The molecular weight excluding hydrogens is 228 g/mol. The van der Waals surface area contributed by atoms with Crippen molar-refractivity contribution in [3.8, 4) is 0 Å². The number of imidazole rings is 1. The minimum absolute atomic E-state index is 1.06. The first-order valence-electron chi connectivity index (χ1n) is 5.57. The van der Waals surface area contributed by atoms with Crippen molar-refractivity contribution in [2.45, 2.75) is 6.92 Å². The Hall–Kier alpha value is -1.87. The summed E-state index contributed by atoms with van der Waals surface area (Å²) in [4.78, 5) is 4.72. The lowest BCUT2D eigenvalue weighted by Gasteiger charge is -2.04. The molecule has 0 aliphatic rings. The Labute approximate surface area is 102 Å². The van der Waals surface area contributed by atoms with Gasteiger partial charge in [-0.3, -0.25) is 4.40 Å². The summed E-state index contributed by atoms with van der Waals surface area (Å²) in [5.74, 6) is 0. The maximum Gasteiger partial charge on any atom is 0.145 e. The number of aryl methyl sites for hydroxylation is 1. The van der Waals surface area contributed by atoms with E-state index in [-0.39, 0.29) is 0 Å². The van der Waals surface area contributed by atoms with Crippen molar-refractivity contribution in [3.63, 3.8) is 0 Å². The van der Waals surface area contributed by atoms with E-state index in [1.165, 1.54) is 21.9 Å². The van der Waals surface area contributed by atoms with Gasteiger partial charge in [0.25, 0.3) is 0 Å². The normalized spacial score (nSPS) is 11.8. The fourth-order valence-electron chi connectivity index (χ4n) is 2.44. The highest BCUT2D eigenvalue weighted by Crippen LogP contribution is 2.27. The van der Waals surface area contributed by atoms with E-state index in [4.69, 9.17) is 4.98 Å². The number of aromatic nitrogens is 2. The molecule has 0 saturated carbocycles. The van der Waals surface area contributed by atoms with Gasteiger partial charge in [-0.25, -0.2) is 4.98 Å². The van der Waals surface area contributed by atoms with E-state index in [2.05, 4.69) is 52.5 Å². The highest BCUT2D eigenvalue weighted by molar-refractivity contribution is 7.09. The lowest BCUT2D eigenvalue weighted by Crippen LogP contribution is -1.89. The van der Waals surface area contributed by atoms with Crippen molar-refractivity contribution in [2.24, 2.45) is 0 Å². The smallest absolute Gasteiger partial charge is 0.145 e. The molecule has 0 aliphatic carbocycles. The third-order valence-electron chi connectivity index (χ3n) is 3.25. The maximum absolute atomic E-state index is 4.72. The molecule has 0 fully saturated rings.